The topological polar surface area (TPSA) is 29.5 Å². The lowest BCUT2D eigenvalue weighted by atomic mass is 9.92. The first kappa shape index (κ1) is 15.4. The number of carbonyl (C=O) groups is 1. The first-order chi connectivity index (χ1) is 7.02. The highest BCUT2D eigenvalue weighted by Crippen LogP contribution is 2.18. The summed E-state index contributed by atoms with van der Waals surface area (Å²) in [6.45, 7) is 13.8. The van der Waals surface area contributed by atoms with Gasteiger partial charge in [-0.05, 0) is 33.2 Å². The van der Waals surface area contributed by atoms with Crippen LogP contribution in [0, 0.1) is 5.41 Å². The Hall–Kier alpha value is -0.570. The molecule has 0 bridgehead atoms. The Morgan fingerprint density at radius 3 is 2.00 bits per heavy atom. The zero-order valence-electron chi connectivity index (χ0n) is 11.9. The van der Waals surface area contributed by atoms with Crippen molar-refractivity contribution in [2.24, 2.45) is 5.41 Å². The van der Waals surface area contributed by atoms with Crippen LogP contribution in [0.25, 0.3) is 0 Å². The maximum atomic E-state index is 11.4. The van der Waals surface area contributed by atoms with Gasteiger partial charge in [0.25, 0.3) is 0 Å². The quantitative estimate of drug-likeness (QED) is 0.694. The van der Waals surface area contributed by atoms with Crippen molar-refractivity contribution < 1.29 is 9.53 Å². The summed E-state index contributed by atoms with van der Waals surface area (Å²) in [5, 5.41) is 0. The van der Waals surface area contributed by atoms with Crippen LogP contribution in [0.5, 0.6) is 0 Å². The molecule has 0 saturated carbocycles. The molecule has 0 heterocycles. The van der Waals surface area contributed by atoms with Crippen LogP contribution < -0.4 is 0 Å². The molecule has 0 spiro atoms. The number of nitrogens with zero attached hydrogens (tertiary/aromatic N) is 1. The summed E-state index contributed by atoms with van der Waals surface area (Å²) in [5.41, 5.74) is 0.128. The van der Waals surface area contributed by atoms with E-state index < -0.39 is 0 Å². The number of hydrogen-bond donors (Lipinski definition) is 0. The maximum absolute atomic E-state index is 11.4. The normalized spacial score (nSPS) is 13.0. The molecule has 0 radical (unpaired) electrons. The molecule has 0 aromatic rings. The molecule has 0 aromatic carbocycles. The van der Waals surface area contributed by atoms with Gasteiger partial charge < -0.3 is 4.74 Å². The zero-order chi connectivity index (χ0) is 13.0. The first-order valence-corrected chi connectivity index (χ1v) is 5.89. The Bertz CT molecular complexity index is 223. The van der Waals surface area contributed by atoms with Crippen LogP contribution in [-0.2, 0) is 9.53 Å². The Balaban J connectivity index is 3.79. The van der Waals surface area contributed by atoms with Crippen molar-refractivity contribution in [3.05, 3.63) is 0 Å². The Morgan fingerprint density at radius 2 is 1.62 bits per heavy atom. The summed E-state index contributed by atoms with van der Waals surface area (Å²) >= 11 is 0. The third-order valence-electron chi connectivity index (χ3n) is 2.51. The van der Waals surface area contributed by atoms with Gasteiger partial charge in [0.15, 0.2) is 0 Å². The fraction of sp³-hybridized carbons (Fsp3) is 0.923. The van der Waals surface area contributed by atoms with Crippen LogP contribution in [0.15, 0.2) is 0 Å². The Labute approximate surface area is 100 Å². The van der Waals surface area contributed by atoms with Gasteiger partial charge in [-0.2, -0.15) is 0 Å². The van der Waals surface area contributed by atoms with E-state index in [0.29, 0.717) is 13.0 Å². The first-order valence-electron chi connectivity index (χ1n) is 5.89. The second kappa shape index (κ2) is 5.67. The van der Waals surface area contributed by atoms with Gasteiger partial charge >= 0.3 is 5.97 Å². The van der Waals surface area contributed by atoms with Gasteiger partial charge in [0.2, 0.25) is 0 Å². The minimum Gasteiger partial charge on any atom is -0.464 e. The molecular formula is C13H27NO2. The van der Waals surface area contributed by atoms with Crippen LogP contribution in [-0.4, -0.2) is 36.6 Å². The molecule has 3 heteroatoms. The zero-order valence-corrected chi connectivity index (χ0v) is 11.9. The van der Waals surface area contributed by atoms with Crippen molar-refractivity contribution in [3.8, 4) is 0 Å². The number of ether oxygens (including phenoxy) is 1. The summed E-state index contributed by atoms with van der Waals surface area (Å²) in [7, 11) is 2.04. The van der Waals surface area contributed by atoms with Gasteiger partial charge in [-0.3, -0.25) is 9.69 Å². The summed E-state index contributed by atoms with van der Waals surface area (Å²) in [6.07, 6.45) is 0.478. The number of esters is 1. The minimum absolute atomic E-state index is 0.00696. The molecule has 0 fully saturated rings. The third kappa shape index (κ3) is 7.69. The summed E-state index contributed by atoms with van der Waals surface area (Å²) in [6, 6.07) is 0. The molecule has 96 valence electrons. The number of carbonyl (C=O) groups excluding carboxylic acids is 1. The SMILES string of the molecule is CN(CCOC(=O)CC(C)(C)C)C(C)(C)C. The Morgan fingerprint density at radius 1 is 1.12 bits per heavy atom. The molecule has 0 aliphatic heterocycles. The smallest absolute Gasteiger partial charge is 0.306 e. The highest BCUT2D eigenvalue weighted by Gasteiger charge is 2.19. The van der Waals surface area contributed by atoms with Gasteiger partial charge in [-0.25, -0.2) is 0 Å². The molecule has 3 nitrogen and oxygen atoms in total. The van der Waals surface area contributed by atoms with E-state index in [2.05, 4.69) is 25.7 Å². The van der Waals surface area contributed by atoms with E-state index in [9.17, 15) is 4.79 Å². The average molecular weight is 229 g/mol. The monoisotopic (exact) mass is 229 g/mol. The lowest BCUT2D eigenvalue weighted by Crippen LogP contribution is -2.40. The van der Waals surface area contributed by atoms with E-state index in [0.717, 1.165) is 6.54 Å². The molecule has 0 saturated heterocycles. The van der Waals surface area contributed by atoms with Crippen molar-refractivity contribution in [2.75, 3.05) is 20.2 Å². The number of rotatable bonds is 4. The van der Waals surface area contributed by atoms with E-state index in [4.69, 9.17) is 4.74 Å². The minimum atomic E-state index is -0.102. The molecule has 0 unspecified atom stereocenters. The molecule has 16 heavy (non-hydrogen) atoms. The maximum Gasteiger partial charge on any atom is 0.306 e. The third-order valence-corrected chi connectivity index (χ3v) is 2.51. The average Bonchev–Trinajstić information content (AvgIpc) is 1.98. The highest BCUT2D eigenvalue weighted by atomic mass is 16.5. The van der Waals surface area contributed by atoms with E-state index in [1.165, 1.54) is 0 Å². The molecule has 0 aliphatic rings. The molecule has 0 amide bonds. The molecule has 0 aliphatic carbocycles. The molecule has 0 N–H and O–H groups in total. The largest absolute Gasteiger partial charge is 0.464 e. The van der Waals surface area contributed by atoms with Crippen molar-refractivity contribution >= 4 is 5.97 Å². The molecule has 0 aromatic heterocycles. The predicted molar refractivity (Wildman–Crippen MR) is 67.4 cm³/mol. The van der Waals surface area contributed by atoms with Gasteiger partial charge in [0.1, 0.15) is 6.61 Å². The van der Waals surface area contributed by atoms with Gasteiger partial charge in [0.05, 0.1) is 6.42 Å². The highest BCUT2D eigenvalue weighted by molar-refractivity contribution is 5.70. The van der Waals surface area contributed by atoms with Crippen molar-refractivity contribution in [1.82, 2.24) is 4.90 Å². The van der Waals surface area contributed by atoms with Crippen LogP contribution in [0.3, 0.4) is 0 Å². The van der Waals surface area contributed by atoms with E-state index in [-0.39, 0.29) is 16.9 Å². The van der Waals surface area contributed by atoms with Crippen molar-refractivity contribution in [1.29, 1.82) is 0 Å². The molecular weight excluding hydrogens is 202 g/mol. The van der Waals surface area contributed by atoms with Crippen molar-refractivity contribution in [2.45, 2.75) is 53.5 Å². The molecule has 0 rings (SSSR count). The van der Waals surface area contributed by atoms with E-state index in [1.54, 1.807) is 0 Å². The standard InChI is InChI=1S/C13H27NO2/c1-12(2,3)10-11(15)16-9-8-14(7)13(4,5)6/h8-10H2,1-7H3. The fourth-order valence-electron chi connectivity index (χ4n) is 1.12. The van der Waals surface area contributed by atoms with E-state index in [1.807, 2.05) is 27.8 Å². The van der Waals surface area contributed by atoms with E-state index >= 15 is 0 Å². The summed E-state index contributed by atoms with van der Waals surface area (Å²) < 4.78 is 5.20. The molecule has 0 atom stereocenters. The van der Waals surface area contributed by atoms with Gasteiger partial charge in [-0.1, -0.05) is 20.8 Å². The van der Waals surface area contributed by atoms with Crippen molar-refractivity contribution in [3.63, 3.8) is 0 Å². The van der Waals surface area contributed by atoms with Crippen LogP contribution in [0.1, 0.15) is 48.0 Å². The second-order valence-corrected chi connectivity index (χ2v) is 6.55. The summed E-state index contributed by atoms with van der Waals surface area (Å²) in [4.78, 5) is 13.6. The van der Waals surface area contributed by atoms with Crippen LogP contribution in [0.4, 0.5) is 0 Å². The van der Waals surface area contributed by atoms with Crippen LogP contribution in [0.2, 0.25) is 0 Å². The number of likely N-dealkylation sites (N-methyl/N-ethyl adjacent to an activating group) is 1. The van der Waals surface area contributed by atoms with Gasteiger partial charge in [-0.15, -0.1) is 0 Å². The summed E-state index contributed by atoms with van der Waals surface area (Å²) in [5.74, 6) is -0.102. The fourth-order valence-corrected chi connectivity index (χ4v) is 1.12. The predicted octanol–water partition coefficient (Wildman–Crippen LogP) is 2.70. The lowest BCUT2D eigenvalue weighted by molar-refractivity contribution is -0.146. The van der Waals surface area contributed by atoms with Crippen LogP contribution >= 0.6 is 0 Å². The second-order valence-electron chi connectivity index (χ2n) is 6.55. The number of hydrogen-bond acceptors (Lipinski definition) is 3. The lowest BCUT2D eigenvalue weighted by Gasteiger charge is -2.31. The van der Waals surface area contributed by atoms with Gasteiger partial charge in [0, 0.05) is 12.1 Å². The Kier molecular flexibility index (Phi) is 5.47.